The number of carbonyl (C=O) groups is 1. The summed E-state index contributed by atoms with van der Waals surface area (Å²) in [7, 11) is -4.65. The molecule has 70 heavy (non-hydrogen) atoms. The van der Waals surface area contributed by atoms with Crippen molar-refractivity contribution < 1.29 is 45.2 Å². The fourth-order valence-electron chi connectivity index (χ4n) is 9.29. The molecular formula is C49H55ClF4N8O7S. The van der Waals surface area contributed by atoms with E-state index in [-0.39, 0.29) is 39.3 Å². The van der Waals surface area contributed by atoms with Gasteiger partial charge in [-0.05, 0) is 97.2 Å². The Morgan fingerprint density at radius 1 is 1.04 bits per heavy atom. The molecule has 3 aliphatic rings. The lowest BCUT2D eigenvalue weighted by atomic mass is 9.72. The van der Waals surface area contributed by atoms with Gasteiger partial charge >= 0.3 is 6.18 Å². The highest BCUT2D eigenvalue weighted by Gasteiger charge is 2.34. The van der Waals surface area contributed by atoms with E-state index >= 15 is 0 Å². The summed E-state index contributed by atoms with van der Waals surface area (Å²) in [5.74, 6) is -0.714. The molecule has 3 N–H and O–H groups in total. The Bertz CT molecular complexity index is 2870. The number of hydrogen-bond acceptors (Lipinski definition) is 12. The third-order valence-corrected chi connectivity index (χ3v) is 14.8. The van der Waals surface area contributed by atoms with Crippen LogP contribution in [0, 0.1) is 15.5 Å². The van der Waals surface area contributed by atoms with E-state index in [1.54, 1.807) is 30.5 Å². The summed E-state index contributed by atoms with van der Waals surface area (Å²) >= 11 is 6.54. The van der Waals surface area contributed by atoms with Gasteiger partial charge in [-0.25, -0.2) is 22.5 Å². The van der Waals surface area contributed by atoms with Crippen LogP contribution >= 0.6 is 11.6 Å². The number of ether oxygens (including phenoxy) is 2. The topological polar surface area (TPSA) is 175 Å². The lowest BCUT2D eigenvalue weighted by Crippen LogP contribution is -2.47. The molecule has 3 aromatic carbocycles. The number of amides is 1. The Hall–Kier alpha value is -5.80. The normalized spacial score (nSPS) is 18.3. The van der Waals surface area contributed by atoms with Gasteiger partial charge in [-0.3, -0.25) is 24.7 Å². The highest BCUT2D eigenvalue weighted by Crippen LogP contribution is 2.46. The third-order valence-electron chi connectivity index (χ3n) is 13.1. The van der Waals surface area contributed by atoms with Gasteiger partial charge in [0, 0.05) is 93.3 Å². The number of morpholine rings is 1. The Morgan fingerprint density at radius 2 is 1.84 bits per heavy atom. The number of allylic oxidation sites excluding steroid dienone is 1. The Kier molecular flexibility index (Phi) is 15.4. The molecule has 5 aromatic rings. The number of anilines is 2. The molecule has 1 aliphatic carbocycles. The van der Waals surface area contributed by atoms with Crippen LogP contribution in [0.3, 0.4) is 0 Å². The molecule has 21 heteroatoms. The van der Waals surface area contributed by atoms with Gasteiger partial charge in [0.05, 0.1) is 39.9 Å². The average Bonchev–Trinajstić information content (AvgIpc) is 3.79. The van der Waals surface area contributed by atoms with E-state index in [2.05, 4.69) is 43.7 Å². The van der Waals surface area contributed by atoms with Crippen molar-refractivity contribution in [3.05, 3.63) is 117 Å². The van der Waals surface area contributed by atoms with E-state index in [4.69, 9.17) is 21.1 Å². The summed E-state index contributed by atoms with van der Waals surface area (Å²) < 4.78 is 95.0. The van der Waals surface area contributed by atoms with E-state index in [0.717, 1.165) is 47.6 Å². The number of nitro groups is 1. The summed E-state index contributed by atoms with van der Waals surface area (Å²) in [6.07, 6.45) is 2.18. The number of benzene rings is 3. The Labute approximate surface area is 408 Å². The molecule has 0 radical (unpaired) electrons. The van der Waals surface area contributed by atoms with Crippen LogP contribution < -0.4 is 19.7 Å². The fraction of sp³-hybridized carbons (Fsp3) is 0.429. The number of pyridine rings is 1. The predicted molar refractivity (Wildman–Crippen MR) is 260 cm³/mol. The minimum absolute atomic E-state index is 0.0385. The maximum Gasteiger partial charge on any atom is 0.416 e. The first-order valence-electron chi connectivity index (χ1n) is 23.2. The number of fused-ring (bicyclic) bond motifs is 1. The number of nitrogens with zero attached hydrogens (tertiary/aromatic N) is 5. The number of alkyl halides is 4. The Morgan fingerprint density at radius 3 is 2.59 bits per heavy atom. The van der Waals surface area contributed by atoms with Gasteiger partial charge in [-0.15, -0.1) is 0 Å². The molecule has 0 saturated carbocycles. The number of sulfonamides is 1. The van der Waals surface area contributed by atoms with Gasteiger partial charge in [0.2, 0.25) is 0 Å². The smallest absolute Gasteiger partial charge is 0.416 e. The number of carbonyl (C=O) groups excluding carboxylic acids is 1. The second-order valence-electron chi connectivity index (χ2n) is 18.7. The van der Waals surface area contributed by atoms with Crippen molar-refractivity contribution in [3.8, 4) is 11.5 Å². The van der Waals surface area contributed by atoms with Crippen molar-refractivity contribution in [1.29, 1.82) is 0 Å². The summed E-state index contributed by atoms with van der Waals surface area (Å²) in [5.41, 5.74) is 2.69. The molecule has 0 spiro atoms. The van der Waals surface area contributed by atoms with Gasteiger partial charge < -0.3 is 24.7 Å². The van der Waals surface area contributed by atoms with Crippen LogP contribution in [0.1, 0.15) is 67.4 Å². The zero-order valence-electron chi connectivity index (χ0n) is 38.8. The van der Waals surface area contributed by atoms with Gasteiger partial charge in [-0.1, -0.05) is 37.1 Å². The van der Waals surface area contributed by atoms with Crippen LogP contribution in [0.2, 0.25) is 5.02 Å². The number of H-pyrrole nitrogens is 1. The van der Waals surface area contributed by atoms with E-state index in [9.17, 15) is 40.9 Å². The zero-order valence-corrected chi connectivity index (χ0v) is 40.4. The lowest BCUT2D eigenvalue weighted by molar-refractivity contribution is -0.384. The lowest BCUT2D eigenvalue weighted by Gasteiger charge is -2.39. The van der Waals surface area contributed by atoms with Crippen molar-refractivity contribution in [2.75, 3.05) is 82.4 Å². The van der Waals surface area contributed by atoms with Crippen LogP contribution in [0.15, 0.2) is 89.6 Å². The van der Waals surface area contributed by atoms with Crippen LogP contribution in [-0.4, -0.2) is 117 Å². The van der Waals surface area contributed by atoms with Gasteiger partial charge in [0.25, 0.3) is 21.6 Å². The molecule has 2 aromatic heterocycles. The van der Waals surface area contributed by atoms with E-state index < -0.39 is 49.9 Å². The average molecular weight is 1010 g/mol. The van der Waals surface area contributed by atoms with Gasteiger partial charge in [0.15, 0.2) is 0 Å². The zero-order chi connectivity index (χ0) is 49.8. The summed E-state index contributed by atoms with van der Waals surface area (Å²) in [4.78, 5) is 38.8. The van der Waals surface area contributed by atoms with E-state index in [1.165, 1.54) is 30.5 Å². The molecule has 2 aliphatic heterocycles. The molecule has 1 unspecified atom stereocenters. The molecule has 2 fully saturated rings. The van der Waals surface area contributed by atoms with Crippen LogP contribution in [0.4, 0.5) is 34.6 Å². The maximum absolute atomic E-state index is 14.0. The number of aromatic nitrogens is 2. The molecule has 2 saturated heterocycles. The molecule has 1 amide bonds. The van der Waals surface area contributed by atoms with E-state index in [1.807, 2.05) is 4.90 Å². The highest BCUT2D eigenvalue weighted by atomic mass is 35.5. The van der Waals surface area contributed by atoms with Gasteiger partial charge in [-0.2, -0.15) is 13.2 Å². The largest absolute Gasteiger partial charge is 0.455 e. The number of piperazine rings is 1. The Balaban J connectivity index is 0.968. The number of nitrogens with one attached hydrogen (secondary N) is 3. The SMILES string of the molecule is CC1(C)CCC(CN2CCN(c3ccc(C(=O)NS(=O)(=O)c4ccc(NCCCC5CN(CCF)CCO5)c([N+](=O)[O-])c4)c(Oc4cnc5[nH]ccc5c4)c3)CC2)=C(c2ccc(C(F)(F)F)cc2Cl)C1. The first-order chi connectivity index (χ1) is 33.4. The van der Waals surface area contributed by atoms with Gasteiger partial charge in [0.1, 0.15) is 29.5 Å². The summed E-state index contributed by atoms with van der Waals surface area (Å²) in [6, 6.07) is 15.3. The van der Waals surface area contributed by atoms with Crippen molar-refractivity contribution >= 4 is 61.2 Å². The second-order valence-corrected chi connectivity index (χ2v) is 20.8. The molecule has 1 atom stereocenters. The molecule has 15 nitrogen and oxygen atoms in total. The minimum atomic E-state index is -4.65. The molecular weight excluding hydrogens is 956 g/mol. The number of nitro benzene ring substituents is 1. The number of hydrogen-bond donors (Lipinski definition) is 3. The van der Waals surface area contributed by atoms with Crippen molar-refractivity contribution in [1.82, 2.24) is 24.5 Å². The number of rotatable bonds is 17. The standard InChI is InChI=1S/C49H55ClF4N8O7S/c1-48(2)13-11-33(41(28-48)39-8-5-34(25-42(39)50)49(52,53)54)30-60-18-20-61(21-19-60)35-6-9-40(45(26-35)69-37-24-32-12-16-56-46(32)57-29-37)47(63)58-70(66,67)38-7-10-43(44(27-38)62(64)65)55-15-3-4-36-31-59(17-14-51)22-23-68-36/h5-10,12,16,24-27,29,36,55H,3-4,11,13-15,17-23,28,30-31H2,1-2H3,(H,56,57)(H,58,63). The molecule has 8 rings (SSSR count). The van der Waals surface area contributed by atoms with Crippen molar-refractivity contribution in [2.24, 2.45) is 5.41 Å². The molecule has 0 bridgehead atoms. The first kappa shape index (κ1) is 50.6. The predicted octanol–water partition coefficient (Wildman–Crippen LogP) is 9.70. The first-order valence-corrected chi connectivity index (χ1v) is 25.0. The maximum atomic E-state index is 14.0. The minimum Gasteiger partial charge on any atom is -0.455 e. The fourth-order valence-corrected chi connectivity index (χ4v) is 10.6. The second kappa shape index (κ2) is 21.3. The number of halogens is 5. The molecule has 374 valence electrons. The molecule has 4 heterocycles. The summed E-state index contributed by atoms with van der Waals surface area (Å²) in [5, 5.41) is 16.0. The van der Waals surface area contributed by atoms with E-state index in [0.29, 0.717) is 102 Å². The van der Waals surface area contributed by atoms with Crippen LogP contribution in [0.25, 0.3) is 16.6 Å². The van der Waals surface area contributed by atoms with Crippen molar-refractivity contribution in [2.45, 2.75) is 63.1 Å². The summed E-state index contributed by atoms with van der Waals surface area (Å²) in [6.45, 7) is 9.32. The quantitative estimate of drug-likeness (QED) is 0.0349. The monoisotopic (exact) mass is 1010 g/mol. The van der Waals surface area contributed by atoms with Crippen LogP contribution in [0.5, 0.6) is 11.5 Å². The third kappa shape index (κ3) is 12.2. The number of aromatic amines is 1. The van der Waals surface area contributed by atoms with Crippen LogP contribution in [-0.2, 0) is 20.9 Å². The van der Waals surface area contributed by atoms with Crippen molar-refractivity contribution in [3.63, 3.8) is 0 Å². The highest BCUT2D eigenvalue weighted by molar-refractivity contribution is 7.90.